The van der Waals surface area contributed by atoms with Crippen LogP contribution < -0.4 is 14.8 Å². The predicted molar refractivity (Wildman–Crippen MR) is 91.4 cm³/mol. The highest BCUT2D eigenvalue weighted by molar-refractivity contribution is 5.96. The van der Waals surface area contributed by atoms with Crippen molar-refractivity contribution >= 4 is 17.6 Å². The number of esters is 1. The lowest BCUT2D eigenvalue weighted by atomic mass is 9.98. The van der Waals surface area contributed by atoms with Crippen LogP contribution in [0.15, 0.2) is 12.1 Å². The fourth-order valence-corrected chi connectivity index (χ4v) is 2.60. The first-order chi connectivity index (χ1) is 12.8. The van der Waals surface area contributed by atoms with E-state index in [0.717, 1.165) is 25.0 Å². The lowest BCUT2D eigenvalue weighted by Crippen LogP contribution is -2.48. The van der Waals surface area contributed by atoms with Gasteiger partial charge in [-0.05, 0) is 25.7 Å². The van der Waals surface area contributed by atoms with Gasteiger partial charge in [0.1, 0.15) is 11.1 Å². The summed E-state index contributed by atoms with van der Waals surface area (Å²) in [5.74, 6) is -1.49. The molecule has 1 amide bonds. The molecule has 0 radical (unpaired) electrons. The second-order valence-corrected chi connectivity index (χ2v) is 6.19. The van der Waals surface area contributed by atoms with Crippen LogP contribution in [0.1, 0.15) is 30.1 Å². The molecule has 0 aliphatic heterocycles. The second kappa shape index (κ2) is 7.90. The molecule has 0 heterocycles. The average Bonchev–Trinajstić information content (AvgIpc) is 3.50. The van der Waals surface area contributed by atoms with Gasteiger partial charge in [-0.3, -0.25) is 14.9 Å². The van der Waals surface area contributed by atoms with E-state index in [0.29, 0.717) is 0 Å². The number of carbonyl (C=O) groups excluding carboxylic acids is 2. The van der Waals surface area contributed by atoms with Gasteiger partial charge < -0.3 is 19.5 Å². The average molecular weight is 377 g/mol. The molecule has 1 N–H and O–H groups in total. The van der Waals surface area contributed by atoms with Crippen LogP contribution in [0.3, 0.4) is 0 Å². The minimum atomic E-state index is -1.07. The van der Waals surface area contributed by atoms with Gasteiger partial charge >= 0.3 is 5.97 Å². The first-order valence-corrected chi connectivity index (χ1v) is 8.05. The molecule has 0 bridgehead atoms. The number of amides is 1. The fourth-order valence-electron chi connectivity index (χ4n) is 2.60. The van der Waals surface area contributed by atoms with Gasteiger partial charge in [-0.2, -0.15) is 5.26 Å². The number of methoxy groups -OCH3 is 2. The normalized spacial score (nSPS) is 15.0. The van der Waals surface area contributed by atoms with E-state index in [4.69, 9.17) is 14.2 Å². The molecule has 1 aromatic rings. The molecule has 27 heavy (non-hydrogen) atoms. The van der Waals surface area contributed by atoms with Crippen LogP contribution in [0.5, 0.6) is 11.5 Å². The molecule has 1 saturated carbocycles. The van der Waals surface area contributed by atoms with Crippen molar-refractivity contribution in [1.82, 2.24) is 5.32 Å². The van der Waals surface area contributed by atoms with Crippen molar-refractivity contribution in [3.05, 3.63) is 27.8 Å². The zero-order valence-corrected chi connectivity index (χ0v) is 15.1. The molecule has 1 fully saturated rings. The number of hydrogen-bond acceptors (Lipinski definition) is 8. The Morgan fingerprint density at radius 3 is 2.41 bits per heavy atom. The number of rotatable bonds is 8. The number of nitro groups is 1. The number of nitro benzene ring substituents is 1. The van der Waals surface area contributed by atoms with Gasteiger partial charge in [0.05, 0.1) is 31.3 Å². The maximum atomic E-state index is 12.3. The Labute approximate surface area is 155 Å². The molecule has 0 unspecified atom stereocenters. The molecule has 10 nitrogen and oxygen atoms in total. The van der Waals surface area contributed by atoms with E-state index >= 15 is 0 Å². The molecule has 2 rings (SSSR count). The molecule has 0 spiro atoms. The van der Waals surface area contributed by atoms with Gasteiger partial charge in [0, 0.05) is 6.07 Å². The van der Waals surface area contributed by atoms with Crippen molar-refractivity contribution < 1.29 is 28.7 Å². The highest BCUT2D eigenvalue weighted by Crippen LogP contribution is 2.39. The minimum Gasteiger partial charge on any atom is -0.493 e. The first-order valence-electron chi connectivity index (χ1n) is 8.05. The predicted octanol–water partition coefficient (Wildman–Crippen LogP) is 1.58. The largest absolute Gasteiger partial charge is 0.493 e. The number of carbonyl (C=O) groups is 2. The van der Waals surface area contributed by atoms with Crippen molar-refractivity contribution in [3.63, 3.8) is 0 Å². The maximum Gasteiger partial charge on any atom is 0.345 e. The fraction of sp³-hybridized carbons (Fsp3) is 0.471. The zero-order chi connectivity index (χ0) is 20.2. The summed E-state index contributed by atoms with van der Waals surface area (Å²) in [5, 5.41) is 23.0. The third kappa shape index (κ3) is 4.44. The van der Waals surface area contributed by atoms with E-state index in [1.54, 1.807) is 6.92 Å². The Balaban J connectivity index is 2.12. The van der Waals surface area contributed by atoms with Gasteiger partial charge in [-0.1, -0.05) is 0 Å². The highest BCUT2D eigenvalue weighted by Gasteiger charge is 2.43. The topological polar surface area (TPSA) is 141 Å². The maximum absolute atomic E-state index is 12.3. The Kier molecular flexibility index (Phi) is 5.85. The Bertz CT molecular complexity index is 813. The number of nitrogens with zero attached hydrogens (tertiary/aromatic N) is 2. The molecule has 0 aromatic heterocycles. The van der Waals surface area contributed by atoms with Crippen molar-refractivity contribution in [1.29, 1.82) is 5.26 Å². The SMILES string of the molecule is COc1cc(C(=O)OCC(=O)N[C@@](C)(C#N)C2CC2)c([N+](=O)[O-])cc1OC. The first kappa shape index (κ1) is 20.0. The summed E-state index contributed by atoms with van der Waals surface area (Å²) in [6.07, 6.45) is 1.67. The molecule has 1 aromatic carbocycles. The van der Waals surface area contributed by atoms with Gasteiger partial charge in [-0.25, -0.2) is 4.79 Å². The summed E-state index contributed by atoms with van der Waals surface area (Å²) in [4.78, 5) is 34.7. The third-order valence-corrected chi connectivity index (χ3v) is 4.28. The number of benzene rings is 1. The van der Waals surface area contributed by atoms with E-state index in [-0.39, 0.29) is 23.0 Å². The number of nitrogens with one attached hydrogen (secondary N) is 1. The Morgan fingerprint density at radius 2 is 1.93 bits per heavy atom. The van der Waals surface area contributed by atoms with Crippen LogP contribution in [-0.2, 0) is 9.53 Å². The van der Waals surface area contributed by atoms with Crippen LogP contribution in [0, 0.1) is 27.4 Å². The second-order valence-electron chi connectivity index (χ2n) is 6.19. The number of nitriles is 1. The molecular weight excluding hydrogens is 358 g/mol. The van der Waals surface area contributed by atoms with Crippen LogP contribution in [-0.4, -0.2) is 43.2 Å². The highest BCUT2D eigenvalue weighted by atomic mass is 16.6. The van der Waals surface area contributed by atoms with Crippen molar-refractivity contribution in [2.45, 2.75) is 25.3 Å². The van der Waals surface area contributed by atoms with Crippen molar-refractivity contribution in [2.24, 2.45) is 5.92 Å². The van der Waals surface area contributed by atoms with E-state index in [1.807, 2.05) is 0 Å². The van der Waals surface area contributed by atoms with Gasteiger partial charge in [0.15, 0.2) is 18.1 Å². The molecular formula is C17H19N3O7. The lowest BCUT2D eigenvalue weighted by Gasteiger charge is -2.22. The summed E-state index contributed by atoms with van der Waals surface area (Å²) in [6.45, 7) is 0.928. The molecule has 10 heteroatoms. The standard InChI is InChI=1S/C17H19N3O7/c1-17(9-18,10-4-5-10)19-15(21)8-27-16(22)11-6-13(25-2)14(26-3)7-12(11)20(23)24/h6-7,10H,4-5,8H2,1-3H3,(H,19,21)/t17-/m0/s1. The summed E-state index contributed by atoms with van der Waals surface area (Å²) < 4.78 is 14.9. The van der Waals surface area contributed by atoms with Crippen LogP contribution in [0.4, 0.5) is 5.69 Å². The summed E-state index contributed by atoms with van der Waals surface area (Å²) >= 11 is 0. The van der Waals surface area contributed by atoms with Gasteiger partial charge in [-0.15, -0.1) is 0 Å². The zero-order valence-electron chi connectivity index (χ0n) is 15.1. The van der Waals surface area contributed by atoms with E-state index in [2.05, 4.69) is 11.4 Å². The number of hydrogen-bond donors (Lipinski definition) is 1. The molecule has 1 aliphatic rings. The van der Waals surface area contributed by atoms with E-state index in [9.17, 15) is 25.0 Å². The number of ether oxygens (including phenoxy) is 3. The lowest BCUT2D eigenvalue weighted by molar-refractivity contribution is -0.385. The van der Waals surface area contributed by atoms with Crippen LogP contribution >= 0.6 is 0 Å². The summed E-state index contributed by atoms with van der Waals surface area (Å²) in [7, 11) is 2.61. The minimum absolute atomic E-state index is 0.0640. The smallest absolute Gasteiger partial charge is 0.345 e. The monoisotopic (exact) mass is 377 g/mol. The van der Waals surface area contributed by atoms with Crippen molar-refractivity contribution in [3.8, 4) is 17.6 Å². The molecule has 1 aliphatic carbocycles. The third-order valence-electron chi connectivity index (χ3n) is 4.28. The quantitative estimate of drug-likeness (QED) is 0.409. The van der Waals surface area contributed by atoms with E-state index in [1.165, 1.54) is 14.2 Å². The Hall–Kier alpha value is -3.35. The van der Waals surface area contributed by atoms with Crippen LogP contribution in [0.2, 0.25) is 0 Å². The Morgan fingerprint density at radius 1 is 1.33 bits per heavy atom. The summed E-state index contributed by atoms with van der Waals surface area (Å²) in [6, 6.07) is 4.20. The molecule has 0 saturated heterocycles. The summed E-state index contributed by atoms with van der Waals surface area (Å²) in [5.41, 5.74) is -1.95. The van der Waals surface area contributed by atoms with Gasteiger partial charge in [0.25, 0.3) is 11.6 Å². The molecule has 144 valence electrons. The van der Waals surface area contributed by atoms with Gasteiger partial charge in [0.2, 0.25) is 0 Å². The van der Waals surface area contributed by atoms with Crippen LogP contribution in [0.25, 0.3) is 0 Å². The van der Waals surface area contributed by atoms with Crippen molar-refractivity contribution in [2.75, 3.05) is 20.8 Å². The molecule has 1 atom stereocenters. The van der Waals surface area contributed by atoms with E-state index < -0.39 is 34.6 Å².